The van der Waals surface area contributed by atoms with Crippen LogP contribution in [0.4, 0.5) is 0 Å². The zero-order chi connectivity index (χ0) is 13.0. The van der Waals surface area contributed by atoms with Gasteiger partial charge in [-0.3, -0.25) is 9.59 Å². The van der Waals surface area contributed by atoms with Gasteiger partial charge >= 0.3 is 0 Å². The van der Waals surface area contributed by atoms with Crippen LogP contribution >= 0.6 is 11.3 Å². The highest BCUT2D eigenvalue weighted by atomic mass is 32.1. The van der Waals surface area contributed by atoms with Gasteiger partial charge in [0.2, 0.25) is 4.74 Å². The minimum absolute atomic E-state index is 0.0614. The van der Waals surface area contributed by atoms with Crippen LogP contribution in [0.15, 0.2) is 35.1 Å². The second kappa shape index (κ2) is 5.78. The van der Waals surface area contributed by atoms with E-state index in [0.717, 1.165) is 29.6 Å². The lowest BCUT2D eigenvalue weighted by molar-refractivity contribution is 0.0957. The molecule has 0 aliphatic rings. The lowest BCUT2D eigenvalue weighted by Gasteiger charge is -2.04. The number of hydrogen-bond acceptors (Lipinski definition) is 3. The van der Waals surface area contributed by atoms with E-state index in [1.807, 2.05) is 18.2 Å². The molecule has 0 spiro atoms. The third-order valence-electron chi connectivity index (χ3n) is 2.71. The van der Waals surface area contributed by atoms with E-state index in [-0.39, 0.29) is 10.6 Å². The fourth-order valence-electron chi connectivity index (χ4n) is 1.71. The maximum atomic E-state index is 11.9. The van der Waals surface area contributed by atoms with Crippen LogP contribution in [0, 0.1) is 0 Å². The Labute approximate surface area is 109 Å². The van der Waals surface area contributed by atoms with Crippen molar-refractivity contribution in [3.05, 3.63) is 44.7 Å². The summed E-state index contributed by atoms with van der Waals surface area (Å²) in [5.74, 6) is -0.156. The number of hydrogen-bond donors (Lipinski definition) is 1. The molecule has 0 atom stereocenters. The molecule has 18 heavy (non-hydrogen) atoms. The second-order valence-corrected chi connectivity index (χ2v) is 5.11. The Morgan fingerprint density at radius 1 is 1.33 bits per heavy atom. The van der Waals surface area contributed by atoms with Gasteiger partial charge in [-0.2, -0.15) is 0 Å². The lowest BCUT2D eigenvalue weighted by atomic mass is 10.2. The number of rotatable bonds is 4. The number of carbonyl (C=O) groups is 1. The van der Waals surface area contributed by atoms with E-state index >= 15 is 0 Å². The van der Waals surface area contributed by atoms with Crippen molar-refractivity contribution < 1.29 is 4.79 Å². The van der Waals surface area contributed by atoms with E-state index in [4.69, 9.17) is 0 Å². The Morgan fingerprint density at radius 2 is 2.11 bits per heavy atom. The SMILES string of the molecule is CCCCNC(=O)c1cc2ccccc2c(=O)s1. The topological polar surface area (TPSA) is 46.2 Å². The molecule has 1 heterocycles. The maximum absolute atomic E-state index is 11.9. The zero-order valence-electron chi connectivity index (χ0n) is 10.2. The second-order valence-electron chi connectivity index (χ2n) is 4.09. The van der Waals surface area contributed by atoms with Crippen LogP contribution < -0.4 is 10.1 Å². The van der Waals surface area contributed by atoms with Crippen LogP contribution in [-0.2, 0) is 0 Å². The number of amides is 1. The first kappa shape index (κ1) is 12.8. The minimum atomic E-state index is -0.156. The summed E-state index contributed by atoms with van der Waals surface area (Å²) in [6, 6.07) is 9.12. The Balaban J connectivity index is 2.29. The Morgan fingerprint density at radius 3 is 2.89 bits per heavy atom. The third kappa shape index (κ3) is 2.76. The fraction of sp³-hybridized carbons (Fsp3) is 0.286. The molecule has 1 aromatic heterocycles. The largest absolute Gasteiger partial charge is 0.351 e. The van der Waals surface area contributed by atoms with Gasteiger partial charge < -0.3 is 5.32 Å². The molecule has 2 rings (SSSR count). The molecule has 2 aromatic rings. The van der Waals surface area contributed by atoms with Gasteiger partial charge in [-0.15, -0.1) is 0 Å². The molecule has 0 fully saturated rings. The van der Waals surface area contributed by atoms with Crippen LogP contribution in [0.25, 0.3) is 10.8 Å². The Kier molecular flexibility index (Phi) is 4.10. The molecule has 4 heteroatoms. The van der Waals surface area contributed by atoms with Gasteiger partial charge in [-0.05, 0) is 23.9 Å². The van der Waals surface area contributed by atoms with Crippen LogP contribution in [0.5, 0.6) is 0 Å². The molecule has 0 aliphatic carbocycles. The summed E-state index contributed by atoms with van der Waals surface area (Å²) in [6.45, 7) is 2.73. The third-order valence-corrected chi connectivity index (χ3v) is 3.64. The summed E-state index contributed by atoms with van der Waals surface area (Å²) < 4.78 is -0.0614. The quantitative estimate of drug-likeness (QED) is 0.860. The highest BCUT2D eigenvalue weighted by molar-refractivity contribution is 7.12. The summed E-state index contributed by atoms with van der Waals surface area (Å²) in [6.07, 6.45) is 1.99. The van der Waals surface area contributed by atoms with Crippen LogP contribution in [0.2, 0.25) is 0 Å². The normalized spacial score (nSPS) is 10.5. The number of fused-ring (bicyclic) bond motifs is 1. The molecular weight excluding hydrogens is 246 g/mol. The monoisotopic (exact) mass is 261 g/mol. The Bertz CT molecular complexity index is 618. The molecule has 0 bridgehead atoms. The number of carbonyl (C=O) groups excluding carboxylic acids is 1. The minimum Gasteiger partial charge on any atom is -0.351 e. The van der Waals surface area contributed by atoms with E-state index in [0.29, 0.717) is 16.8 Å². The molecule has 1 amide bonds. The molecule has 1 N–H and O–H groups in total. The van der Waals surface area contributed by atoms with Crippen molar-refractivity contribution >= 4 is 28.0 Å². The first-order chi connectivity index (χ1) is 8.72. The molecule has 94 valence electrons. The van der Waals surface area contributed by atoms with Gasteiger partial charge in [-0.25, -0.2) is 0 Å². The van der Waals surface area contributed by atoms with Crippen molar-refractivity contribution in [3.63, 3.8) is 0 Å². The van der Waals surface area contributed by atoms with E-state index in [1.54, 1.807) is 12.1 Å². The first-order valence-electron chi connectivity index (χ1n) is 6.03. The van der Waals surface area contributed by atoms with Gasteiger partial charge in [0.15, 0.2) is 0 Å². The van der Waals surface area contributed by atoms with Crippen molar-refractivity contribution in [2.75, 3.05) is 6.54 Å². The van der Waals surface area contributed by atoms with Crippen LogP contribution in [0.1, 0.15) is 29.4 Å². The van der Waals surface area contributed by atoms with Gasteiger partial charge in [0.1, 0.15) is 0 Å². The predicted molar refractivity (Wildman–Crippen MR) is 75.3 cm³/mol. The molecule has 1 aromatic carbocycles. The maximum Gasteiger partial charge on any atom is 0.261 e. The summed E-state index contributed by atoms with van der Waals surface area (Å²) in [4.78, 5) is 24.2. The van der Waals surface area contributed by atoms with Gasteiger partial charge in [0, 0.05) is 11.9 Å². The lowest BCUT2D eigenvalue weighted by Crippen LogP contribution is -2.24. The van der Waals surface area contributed by atoms with E-state index in [1.165, 1.54) is 0 Å². The van der Waals surface area contributed by atoms with Gasteiger partial charge in [-0.1, -0.05) is 42.9 Å². The number of unbranched alkanes of at least 4 members (excludes halogenated alkanes) is 1. The molecule has 3 nitrogen and oxygen atoms in total. The Hall–Kier alpha value is -1.68. The summed E-state index contributed by atoms with van der Waals surface area (Å²) in [5, 5.41) is 4.32. The van der Waals surface area contributed by atoms with Crippen molar-refractivity contribution in [1.29, 1.82) is 0 Å². The average Bonchev–Trinajstić information content (AvgIpc) is 2.39. The van der Waals surface area contributed by atoms with Crippen molar-refractivity contribution in [3.8, 4) is 0 Å². The highest BCUT2D eigenvalue weighted by Crippen LogP contribution is 2.14. The van der Waals surface area contributed by atoms with E-state index < -0.39 is 0 Å². The van der Waals surface area contributed by atoms with Gasteiger partial charge in [0.05, 0.1) is 4.88 Å². The van der Waals surface area contributed by atoms with Crippen LogP contribution in [-0.4, -0.2) is 12.5 Å². The number of benzene rings is 1. The van der Waals surface area contributed by atoms with Crippen molar-refractivity contribution in [2.24, 2.45) is 0 Å². The van der Waals surface area contributed by atoms with E-state index in [9.17, 15) is 9.59 Å². The summed E-state index contributed by atoms with van der Waals surface area (Å²) >= 11 is 1.01. The summed E-state index contributed by atoms with van der Waals surface area (Å²) in [7, 11) is 0. The smallest absolute Gasteiger partial charge is 0.261 e. The highest BCUT2D eigenvalue weighted by Gasteiger charge is 2.09. The van der Waals surface area contributed by atoms with Gasteiger partial charge in [0.25, 0.3) is 5.91 Å². The molecule has 0 saturated carbocycles. The average molecular weight is 261 g/mol. The molecule has 0 saturated heterocycles. The van der Waals surface area contributed by atoms with Crippen molar-refractivity contribution in [1.82, 2.24) is 5.32 Å². The van der Waals surface area contributed by atoms with Crippen molar-refractivity contribution in [2.45, 2.75) is 19.8 Å². The predicted octanol–water partition coefficient (Wildman–Crippen LogP) is 2.79. The first-order valence-corrected chi connectivity index (χ1v) is 6.85. The standard InChI is InChI=1S/C14H15NO2S/c1-2-3-8-15-13(16)12-9-10-6-4-5-7-11(10)14(17)18-12/h4-7,9H,2-3,8H2,1H3,(H,15,16). The molecule has 0 aliphatic heterocycles. The zero-order valence-corrected chi connectivity index (χ0v) is 11.0. The molecule has 0 radical (unpaired) electrons. The number of nitrogens with one attached hydrogen (secondary N) is 1. The summed E-state index contributed by atoms with van der Waals surface area (Å²) in [5.41, 5.74) is 0. The molecule has 0 unspecified atom stereocenters. The van der Waals surface area contributed by atoms with E-state index in [2.05, 4.69) is 12.2 Å². The fourth-order valence-corrected chi connectivity index (χ4v) is 2.56. The van der Waals surface area contributed by atoms with Crippen LogP contribution in [0.3, 0.4) is 0 Å². The molecular formula is C14H15NO2S.